The zero-order chi connectivity index (χ0) is 11.2. The number of aromatic nitrogens is 2. The summed E-state index contributed by atoms with van der Waals surface area (Å²) in [7, 11) is 0. The average Bonchev–Trinajstić information content (AvgIpc) is 2.72. The van der Waals surface area contributed by atoms with E-state index in [2.05, 4.69) is 14.9 Å². The third-order valence-corrected chi connectivity index (χ3v) is 3.15. The standard InChI is InChI=1S/C12H21N3O/c1-11-14-5-6-15(11)7-8-16-10-12-3-2-4-13-9-12/h5-6,12-13H,2-4,7-10H2,1H3/t12-/m0/s1. The highest BCUT2D eigenvalue weighted by Gasteiger charge is 2.12. The molecule has 1 saturated heterocycles. The van der Waals surface area contributed by atoms with Gasteiger partial charge in [-0.05, 0) is 32.2 Å². The van der Waals surface area contributed by atoms with Crippen molar-refractivity contribution in [3.63, 3.8) is 0 Å². The van der Waals surface area contributed by atoms with Gasteiger partial charge in [0.2, 0.25) is 0 Å². The van der Waals surface area contributed by atoms with E-state index in [-0.39, 0.29) is 0 Å². The average molecular weight is 223 g/mol. The van der Waals surface area contributed by atoms with Gasteiger partial charge in [-0.2, -0.15) is 0 Å². The van der Waals surface area contributed by atoms with Crippen molar-refractivity contribution in [3.8, 4) is 0 Å². The van der Waals surface area contributed by atoms with Gasteiger partial charge in [0.1, 0.15) is 5.82 Å². The fourth-order valence-electron chi connectivity index (χ4n) is 2.12. The lowest BCUT2D eigenvalue weighted by Gasteiger charge is -2.22. The molecule has 1 aromatic rings. The maximum Gasteiger partial charge on any atom is 0.105 e. The smallest absolute Gasteiger partial charge is 0.105 e. The summed E-state index contributed by atoms with van der Waals surface area (Å²) in [6.07, 6.45) is 6.42. The Hall–Kier alpha value is -0.870. The number of rotatable bonds is 5. The van der Waals surface area contributed by atoms with Crippen LogP contribution in [-0.4, -0.2) is 35.9 Å². The molecule has 1 atom stereocenters. The monoisotopic (exact) mass is 223 g/mol. The molecule has 0 unspecified atom stereocenters. The maximum atomic E-state index is 5.71. The van der Waals surface area contributed by atoms with Crippen LogP contribution in [0.15, 0.2) is 12.4 Å². The van der Waals surface area contributed by atoms with Crippen LogP contribution in [0, 0.1) is 12.8 Å². The summed E-state index contributed by atoms with van der Waals surface area (Å²) in [5.41, 5.74) is 0. The lowest BCUT2D eigenvalue weighted by Crippen LogP contribution is -2.32. The molecule has 0 spiro atoms. The Morgan fingerprint density at radius 2 is 2.56 bits per heavy atom. The largest absolute Gasteiger partial charge is 0.379 e. The van der Waals surface area contributed by atoms with Crippen molar-refractivity contribution in [1.29, 1.82) is 0 Å². The first-order valence-corrected chi connectivity index (χ1v) is 6.12. The molecule has 4 heteroatoms. The number of aryl methyl sites for hydroxylation is 1. The number of hydrogen-bond donors (Lipinski definition) is 1. The van der Waals surface area contributed by atoms with Gasteiger partial charge in [0.05, 0.1) is 13.2 Å². The molecule has 90 valence electrons. The molecule has 0 aromatic carbocycles. The van der Waals surface area contributed by atoms with E-state index in [0.29, 0.717) is 5.92 Å². The van der Waals surface area contributed by atoms with E-state index in [1.54, 1.807) is 0 Å². The van der Waals surface area contributed by atoms with Gasteiger partial charge in [-0.25, -0.2) is 4.98 Å². The van der Waals surface area contributed by atoms with E-state index in [0.717, 1.165) is 32.1 Å². The van der Waals surface area contributed by atoms with Gasteiger partial charge in [-0.15, -0.1) is 0 Å². The molecule has 0 amide bonds. The third-order valence-electron chi connectivity index (χ3n) is 3.15. The van der Waals surface area contributed by atoms with E-state index in [1.807, 2.05) is 19.3 Å². The van der Waals surface area contributed by atoms with Gasteiger partial charge < -0.3 is 14.6 Å². The van der Waals surface area contributed by atoms with E-state index in [4.69, 9.17) is 4.74 Å². The van der Waals surface area contributed by atoms with Gasteiger partial charge >= 0.3 is 0 Å². The predicted molar refractivity (Wildman–Crippen MR) is 63.4 cm³/mol. The first kappa shape index (κ1) is 11.6. The summed E-state index contributed by atoms with van der Waals surface area (Å²) in [5.74, 6) is 1.76. The molecule has 0 bridgehead atoms. The van der Waals surface area contributed by atoms with Crippen LogP contribution >= 0.6 is 0 Å². The van der Waals surface area contributed by atoms with Crippen molar-refractivity contribution in [1.82, 2.24) is 14.9 Å². The molecule has 1 N–H and O–H groups in total. The number of nitrogens with one attached hydrogen (secondary N) is 1. The Balaban J connectivity index is 1.59. The second kappa shape index (κ2) is 6.01. The molecular formula is C12H21N3O. The number of piperidine rings is 1. The zero-order valence-electron chi connectivity index (χ0n) is 9.98. The zero-order valence-corrected chi connectivity index (χ0v) is 9.98. The molecule has 2 heterocycles. The van der Waals surface area contributed by atoms with Crippen molar-refractivity contribution in [2.24, 2.45) is 5.92 Å². The highest BCUT2D eigenvalue weighted by Crippen LogP contribution is 2.09. The molecule has 4 nitrogen and oxygen atoms in total. The Bertz CT molecular complexity index is 305. The second-order valence-corrected chi connectivity index (χ2v) is 4.46. The minimum atomic E-state index is 0.706. The summed E-state index contributed by atoms with van der Waals surface area (Å²) in [6.45, 7) is 6.89. The first-order chi connectivity index (χ1) is 7.86. The summed E-state index contributed by atoms with van der Waals surface area (Å²) < 4.78 is 7.84. The van der Waals surface area contributed by atoms with Crippen molar-refractivity contribution in [3.05, 3.63) is 18.2 Å². The van der Waals surface area contributed by atoms with Crippen LogP contribution in [-0.2, 0) is 11.3 Å². The number of nitrogens with zero attached hydrogens (tertiary/aromatic N) is 2. The number of imidazole rings is 1. The molecule has 2 rings (SSSR count). The molecule has 1 fully saturated rings. The predicted octanol–water partition coefficient (Wildman–Crippen LogP) is 1.21. The molecule has 16 heavy (non-hydrogen) atoms. The fourth-order valence-corrected chi connectivity index (χ4v) is 2.12. The normalized spacial score (nSPS) is 21.2. The molecule has 1 aromatic heterocycles. The second-order valence-electron chi connectivity index (χ2n) is 4.46. The van der Waals surface area contributed by atoms with E-state index in [9.17, 15) is 0 Å². The van der Waals surface area contributed by atoms with E-state index < -0.39 is 0 Å². The molecule has 0 aliphatic carbocycles. The van der Waals surface area contributed by atoms with Crippen molar-refractivity contribution in [2.75, 3.05) is 26.3 Å². The minimum Gasteiger partial charge on any atom is -0.379 e. The summed E-state index contributed by atoms with van der Waals surface area (Å²) >= 11 is 0. The van der Waals surface area contributed by atoms with Crippen molar-refractivity contribution < 1.29 is 4.74 Å². The molecule has 1 aliphatic rings. The Labute approximate surface area is 97.0 Å². The van der Waals surface area contributed by atoms with Crippen LogP contribution < -0.4 is 5.32 Å². The fraction of sp³-hybridized carbons (Fsp3) is 0.750. The molecule has 1 aliphatic heterocycles. The van der Waals surface area contributed by atoms with Crippen LogP contribution in [0.5, 0.6) is 0 Å². The van der Waals surface area contributed by atoms with Crippen LogP contribution in [0.2, 0.25) is 0 Å². The minimum absolute atomic E-state index is 0.706. The van der Waals surface area contributed by atoms with Crippen LogP contribution in [0.4, 0.5) is 0 Å². The number of hydrogen-bond acceptors (Lipinski definition) is 3. The highest BCUT2D eigenvalue weighted by atomic mass is 16.5. The Morgan fingerprint density at radius 1 is 1.62 bits per heavy atom. The lowest BCUT2D eigenvalue weighted by atomic mass is 10.0. The van der Waals surface area contributed by atoms with Crippen molar-refractivity contribution in [2.45, 2.75) is 26.3 Å². The van der Waals surface area contributed by atoms with Crippen LogP contribution in [0.1, 0.15) is 18.7 Å². The molecule has 0 radical (unpaired) electrons. The summed E-state index contributed by atoms with van der Waals surface area (Å²) in [5, 5.41) is 3.40. The first-order valence-electron chi connectivity index (χ1n) is 6.12. The SMILES string of the molecule is Cc1nccn1CCOC[C@H]1CCCNC1. The lowest BCUT2D eigenvalue weighted by molar-refractivity contribution is 0.0839. The number of ether oxygens (including phenoxy) is 1. The molecular weight excluding hydrogens is 202 g/mol. The summed E-state index contributed by atoms with van der Waals surface area (Å²) in [6, 6.07) is 0. The van der Waals surface area contributed by atoms with Gasteiger partial charge in [-0.3, -0.25) is 0 Å². The Kier molecular flexibility index (Phi) is 4.36. The quantitative estimate of drug-likeness (QED) is 0.763. The van der Waals surface area contributed by atoms with E-state index in [1.165, 1.54) is 19.4 Å². The van der Waals surface area contributed by atoms with Crippen LogP contribution in [0.25, 0.3) is 0 Å². The van der Waals surface area contributed by atoms with Gasteiger partial charge in [0.25, 0.3) is 0 Å². The maximum absolute atomic E-state index is 5.71. The van der Waals surface area contributed by atoms with Crippen LogP contribution in [0.3, 0.4) is 0 Å². The molecule has 0 saturated carbocycles. The highest BCUT2D eigenvalue weighted by molar-refractivity contribution is 4.87. The van der Waals surface area contributed by atoms with E-state index >= 15 is 0 Å². The summed E-state index contributed by atoms with van der Waals surface area (Å²) in [4.78, 5) is 4.18. The van der Waals surface area contributed by atoms with Gasteiger partial charge in [-0.1, -0.05) is 0 Å². The topological polar surface area (TPSA) is 39.1 Å². The van der Waals surface area contributed by atoms with Gasteiger partial charge in [0, 0.05) is 25.5 Å². The van der Waals surface area contributed by atoms with Crippen molar-refractivity contribution >= 4 is 0 Å². The third kappa shape index (κ3) is 3.32. The Morgan fingerprint density at radius 3 is 3.25 bits per heavy atom. The van der Waals surface area contributed by atoms with Gasteiger partial charge in [0.15, 0.2) is 0 Å².